The third kappa shape index (κ3) is 8.31. The van der Waals surface area contributed by atoms with E-state index in [2.05, 4.69) is 15.3 Å². The number of carbonyl (C=O) groups is 1. The van der Waals surface area contributed by atoms with Crippen LogP contribution in [0.2, 0.25) is 0 Å². The highest BCUT2D eigenvalue weighted by Gasteiger charge is 2.30. The number of nitrogens with zero attached hydrogens (tertiary/aromatic N) is 3. The molecule has 0 amide bonds. The van der Waals surface area contributed by atoms with Crippen LogP contribution in [0.5, 0.6) is 5.75 Å². The van der Waals surface area contributed by atoms with Crippen LogP contribution in [0.1, 0.15) is 50.3 Å². The molecule has 1 aliphatic carbocycles. The maximum atomic E-state index is 13.0. The number of aliphatic imine (C=N–C) groups is 1. The molecule has 0 fully saturated rings. The third-order valence-electron chi connectivity index (χ3n) is 6.72. The number of methoxy groups -OCH3 is 1. The average molecular weight is 586 g/mol. The molecule has 8 nitrogen and oxygen atoms in total. The minimum Gasteiger partial charge on any atom is -0.489 e. The number of carbonyl (C=O) groups excluding carboxylic acids is 1. The lowest BCUT2D eigenvalue weighted by molar-refractivity contribution is -0.137. The summed E-state index contributed by atoms with van der Waals surface area (Å²) in [4.78, 5) is 27.2. The Morgan fingerprint density at radius 1 is 0.929 bits per heavy atom. The van der Waals surface area contributed by atoms with Gasteiger partial charge in [-0.15, -0.1) is 0 Å². The van der Waals surface area contributed by atoms with E-state index in [1.165, 1.54) is 25.9 Å². The second kappa shape index (κ2) is 14.5. The Balaban J connectivity index is 1.72. The minimum atomic E-state index is -4.42. The molecule has 42 heavy (non-hydrogen) atoms. The first kappa shape index (κ1) is 32.1. The van der Waals surface area contributed by atoms with Crippen LogP contribution in [0.4, 0.5) is 13.2 Å². The number of halogens is 3. The lowest BCUT2D eigenvalue weighted by atomic mass is 9.85. The molecular weight excluding hydrogens is 551 g/mol. The molecule has 2 aromatic rings. The Bertz CT molecular complexity index is 1440. The van der Waals surface area contributed by atoms with Crippen LogP contribution in [0.25, 0.3) is 0 Å². The number of ether oxygens (including phenoxy) is 2. The van der Waals surface area contributed by atoms with Crippen LogP contribution in [-0.4, -0.2) is 51.0 Å². The molecule has 0 atom stereocenters. The van der Waals surface area contributed by atoms with Gasteiger partial charge in [0, 0.05) is 12.6 Å². The van der Waals surface area contributed by atoms with Crippen molar-refractivity contribution in [2.45, 2.75) is 46.4 Å². The highest BCUT2D eigenvalue weighted by Crippen LogP contribution is 2.32. The number of allylic oxidation sites excluding steroid dienone is 2. The van der Waals surface area contributed by atoms with E-state index in [4.69, 9.17) is 19.1 Å². The molecule has 11 heteroatoms. The second-order valence-corrected chi connectivity index (χ2v) is 9.64. The van der Waals surface area contributed by atoms with Crippen LogP contribution in [0.15, 0.2) is 86.1 Å². The zero-order valence-electron chi connectivity index (χ0n) is 24.5. The largest absolute Gasteiger partial charge is 0.489 e. The first-order valence-electron chi connectivity index (χ1n) is 13.1. The van der Waals surface area contributed by atoms with Crippen molar-refractivity contribution in [2.24, 2.45) is 15.3 Å². The lowest BCUT2D eigenvalue weighted by Crippen LogP contribution is -2.23. The average Bonchev–Trinajstić information content (AvgIpc) is 2.97. The SMILES string of the molecule is CN=C(C(=O)OC)C1=C(CO/N=C(C)/C(=N/OC)c2ccc(OCc3cccc(C(F)(F)F)c3)cc2)CC(C)=C(C)C1. The Kier molecular flexibility index (Phi) is 11.1. The quantitative estimate of drug-likeness (QED) is 0.127. The highest BCUT2D eigenvalue weighted by atomic mass is 19.4. The van der Waals surface area contributed by atoms with Gasteiger partial charge in [0.15, 0.2) is 0 Å². The number of alkyl halides is 3. The summed E-state index contributed by atoms with van der Waals surface area (Å²) in [6, 6.07) is 11.8. The molecule has 2 aromatic carbocycles. The van der Waals surface area contributed by atoms with Crippen molar-refractivity contribution in [1.82, 2.24) is 0 Å². The fourth-order valence-corrected chi connectivity index (χ4v) is 4.34. The molecular formula is C31H34F3N3O5. The number of oxime groups is 2. The number of rotatable bonds is 11. The third-order valence-corrected chi connectivity index (χ3v) is 6.72. The molecule has 0 unspecified atom stereocenters. The molecule has 0 aliphatic heterocycles. The van der Waals surface area contributed by atoms with Crippen LogP contribution < -0.4 is 4.74 Å². The van der Waals surface area contributed by atoms with Crippen molar-refractivity contribution in [1.29, 1.82) is 0 Å². The summed E-state index contributed by atoms with van der Waals surface area (Å²) in [6.07, 6.45) is -3.24. The van der Waals surface area contributed by atoms with E-state index in [0.717, 1.165) is 28.9 Å². The molecule has 0 N–H and O–H groups in total. The van der Waals surface area contributed by atoms with Crippen molar-refractivity contribution in [3.8, 4) is 5.75 Å². The second-order valence-electron chi connectivity index (χ2n) is 9.64. The van der Waals surface area contributed by atoms with Crippen molar-refractivity contribution >= 4 is 23.1 Å². The van der Waals surface area contributed by atoms with Crippen LogP contribution in [-0.2, 0) is 32.0 Å². The highest BCUT2D eigenvalue weighted by molar-refractivity contribution is 6.47. The molecule has 0 radical (unpaired) electrons. The van der Waals surface area contributed by atoms with Crippen LogP contribution in [0, 0.1) is 0 Å². The number of benzene rings is 2. The summed E-state index contributed by atoms with van der Waals surface area (Å²) in [5, 5.41) is 8.33. The smallest absolute Gasteiger partial charge is 0.416 e. The van der Waals surface area contributed by atoms with E-state index in [9.17, 15) is 18.0 Å². The molecule has 0 heterocycles. The van der Waals surface area contributed by atoms with Crippen molar-refractivity contribution in [3.05, 3.63) is 87.5 Å². The Labute approximate surface area is 243 Å². The van der Waals surface area contributed by atoms with E-state index in [1.807, 2.05) is 13.8 Å². The maximum absolute atomic E-state index is 13.0. The summed E-state index contributed by atoms with van der Waals surface area (Å²) >= 11 is 0. The molecule has 0 spiro atoms. The van der Waals surface area contributed by atoms with E-state index in [0.29, 0.717) is 41.1 Å². The number of hydrogen-bond donors (Lipinski definition) is 0. The van der Waals surface area contributed by atoms with Gasteiger partial charge in [-0.1, -0.05) is 33.6 Å². The van der Waals surface area contributed by atoms with Gasteiger partial charge in [-0.25, -0.2) is 4.79 Å². The van der Waals surface area contributed by atoms with Crippen molar-refractivity contribution in [2.75, 3.05) is 27.9 Å². The molecule has 3 rings (SSSR count). The summed E-state index contributed by atoms with van der Waals surface area (Å²) in [6.45, 7) is 5.89. The van der Waals surface area contributed by atoms with E-state index in [-0.39, 0.29) is 18.9 Å². The zero-order chi connectivity index (χ0) is 30.9. The van der Waals surface area contributed by atoms with Crippen molar-refractivity contribution < 1.29 is 37.1 Å². The van der Waals surface area contributed by atoms with Gasteiger partial charge in [-0.2, -0.15) is 13.2 Å². The van der Waals surface area contributed by atoms with Gasteiger partial charge in [0.05, 0.1) is 12.7 Å². The summed E-state index contributed by atoms with van der Waals surface area (Å²) < 4.78 is 49.5. The first-order chi connectivity index (χ1) is 20.0. The lowest BCUT2D eigenvalue weighted by Gasteiger charge is -2.22. The van der Waals surface area contributed by atoms with Crippen LogP contribution >= 0.6 is 0 Å². The molecule has 0 saturated heterocycles. The van der Waals surface area contributed by atoms with Crippen LogP contribution in [0.3, 0.4) is 0 Å². The van der Waals surface area contributed by atoms with Gasteiger partial charge in [0.2, 0.25) is 0 Å². The predicted molar refractivity (Wildman–Crippen MR) is 155 cm³/mol. The predicted octanol–water partition coefficient (Wildman–Crippen LogP) is 6.70. The fourth-order valence-electron chi connectivity index (χ4n) is 4.34. The summed E-state index contributed by atoms with van der Waals surface area (Å²) in [5.74, 6) is -0.0398. The molecule has 0 bridgehead atoms. The van der Waals surface area contributed by atoms with E-state index < -0.39 is 17.7 Å². The summed E-state index contributed by atoms with van der Waals surface area (Å²) in [5.41, 5.74) is 5.45. The minimum absolute atomic E-state index is 0.0247. The van der Waals surface area contributed by atoms with E-state index >= 15 is 0 Å². The Hall–Kier alpha value is -4.41. The van der Waals surface area contributed by atoms with Gasteiger partial charge < -0.3 is 19.1 Å². The zero-order valence-corrected chi connectivity index (χ0v) is 24.5. The van der Waals surface area contributed by atoms with Crippen molar-refractivity contribution in [3.63, 3.8) is 0 Å². The topological polar surface area (TPSA) is 91.1 Å². The molecule has 0 aromatic heterocycles. The monoisotopic (exact) mass is 585 g/mol. The fraction of sp³-hybridized carbons (Fsp3) is 0.355. The van der Waals surface area contributed by atoms with Gasteiger partial charge in [-0.05, 0) is 86.7 Å². The molecule has 224 valence electrons. The molecule has 1 aliphatic rings. The van der Waals surface area contributed by atoms with Gasteiger partial charge in [0.1, 0.15) is 43.2 Å². The standard InChI is InChI=1S/C31H34F3N3O5/c1-19-14-24(27(15-20(19)2)29(35-4)30(38)39-5)18-42-36-21(3)28(37-40-6)23-10-12-26(13-11-23)41-17-22-8-7-9-25(16-22)31(32,33)34/h7-13,16H,14-15,17-18H2,1-6H3/b35-29?,36-21+,37-28-. The summed E-state index contributed by atoms with van der Waals surface area (Å²) in [7, 11) is 4.28. The maximum Gasteiger partial charge on any atom is 0.416 e. The number of esters is 1. The van der Waals surface area contributed by atoms with Gasteiger partial charge >= 0.3 is 12.1 Å². The molecule has 0 saturated carbocycles. The van der Waals surface area contributed by atoms with Gasteiger partial charge in [-0.3, -0.25) is 4.99 Å². The Morgan fingerprint density at radius 2 is 1.62 bits per heavy atom. The normalized spacial score (nSPS) is 15.1. The number of hydrogen-bond acceptors (Lipinski definition) is 8. The first-order valence-corrected chi connectivity index (χ1v) is 13.1. The van der Waals surface area contributed by atoms with Gasteiger partial charge in [0.25, 0.3) is 0 Å². The van der Waals surface area contributed by atoms with E-state index in [1.54, 1.807) is 44.3 Å². The Morgan fingerprint density at radius 3 is 2.24 bits per heavy atom.